The molecule has 1 rings (SSSR count). The smallest absolute Gasteiger partial charge is 0.265 e. The average Bonchev–Trinajstić information content (AvgIpc) is 2.52. The van der Waals surface area contributed by atoms with E-state index in [0.717, 1.165) is 13.0 Å². The van der Waals surface area contributed by atoms with Crippen molar-refractivity contribution in [3.63, 3.8) is 0 Å². The Labute approximate surface area is 131 Å². The highest BCUT2D eigenvalue weighted by Gasteiger charge is 2.36. The van der Waals surface area contributed by atoms with E-state index >= 15 is 0 Å². The first-order chi connectivity index (χ1) is 10.1. The number of ether oxygens (including phenoxy) is 1. The van der Waals surface area contributed by atoms with Gasteiger partial charge in [-0.1, -0.05) is 63.7 Å². The summed E-state index contributed by atoms with van der Waals surface area (Å²) >= 11 is 0. The number of nitrogens with zero attached hydrogens (tertiary/aromatic N) is 1. The molecule has 0 radical (unpaired) electrons. The van der Waals surface area contributed by atoms with E-state index in [2.05, 4.69) is 39.5 Å². The lowest BCUT2D eigenvalue weighted by molar-refractivity contribution is -0.156. The molecule has 120 valence electrons. The van der Waals surface area contributed by atoms with Gasteiger partial charge in [0.15, 0.2) is 6.10 Å². The molecule has 1 fully saturated rings. The van der Waals surface area contributed by atoms with Crippen molar-refractivity contribution < 1.29 is 9.53 Å². The summed E-state index contributed by atoms with van der Waals surface area (Å²) in [7, 11) is -0.966. The third-order valence-electron chi connectivity index (χ3n) is 5.06. The normalized spacial score (nSPS) is 18.9. The first-order valence-corrected chi connectivity index (χ1v) is 11.2. The number of carbonyl (C=O) groups excluding carboxylic acids is 1. The summed E-state index contributed by atoms with van der Waals surface area (Å²) in [4.78, 5) is 13.5. The van der Waals surface area contributed by atoms with Crippen LogP contribution in [0.2, 0.25) is 24.2 Å². The highest BCUT2D eigenvalue weighted by atomic mass is 28.3. The van der Waals surface area contributed by atoms with Crippen LogP contribution in [0.25, 0.3) is 0 Å². The Balaban J connectivity index is 2.16. The maximum Gasteiger partial charge on any atom is 0.265 e. The largest absolute Gasteiger partial charge is 0.487 e. The highest BCUT2D eigenvalue weighted by molar-refractivity contribution is 6.79. The Bertz CT molecular complexity index is 356. The summed E-state index contributed by atoms with van der Waals surface area (Å²) in [6.45, 7) is 12.1. The van der Waals surface area contributed by atoms with E-state index in [0.29, 0.717) is 6.54 Å². The van der Waals surface area contributed by atoms with Gasteiger partial charge in [0.25, 0.3) is 5.91 Å². The molecule has 1 heterocycles. The van der Waals surface area contributed by atoms with Crippen molar-refractivity contribution in [2.24, 2.45) is 0 Å². The van der Waals surface area contributed by atoms with Crippen LogP contribution in [0, 0.1) is 0 Å². The monoisotopic (exact) mass is 309 g/mol. The Morgan fingerprint density at radius 1 is 1.24 bits per heavy atom. The lowest BCUT2D eigenvalue weighted by atomic mass is 10.1. The van der Waals surface area contributed by atoms with Crippen molar-refractivity contribution in [3.8, 4) is 0 Å². The van der Waals surface area contributed by atoms with Crippen LogP contribution in [0.5, 0.6) is 0 Å². The summed E-state index contributed by atoms with van der Waals surface area (Å²) in [6.07, 6.45) is 7.77. The van der Waals surface area contributed by atoms with E-state index in [9.17, 15) is 4.79 Å². The third kappa shape index (κ3) is 5.02. The Morgan fingerprint density at radius 2 is 1.86 bits per heavy atom. The summed E-state index contributed by atoms with van der Waals surface area (Å²) in [5, 5.41) is 0. The van der Waals surface area contributed by atoms with E-state index in [-0.39, 0.29) is 12.0 Å². The van der Waals surface area contributed by atoms with Gasteiger partial charge in [0.05, 0.1) is 20.9 Å². The first kappa shape index (κ1) is 18.0. The van der Waals surface area contributed by atoms with Gasteiger partial charge < -0.3 is 9.64 Å². The van der Waals surface area contributed by atoms with Gasteiger partial charge in [0.2, 0.25) is 0 Å². The third-order valence-corrected chi connectivity index (χ3v) is 10.9. The molecule has 1 saturated heterocycles. The minimum Gasteiger partial charge on any atom is -0.487 e. The number of carbonyl (C=O) groups is 1. The second-order valence-corrected chi connectivity index (χ2v) is 11.6. The zero-order chi connectivity index (χ0) is 15.7. The van der Waals surface area contributed by atoms with Crippen LogP contribution in [0.4, 0.5) is 0 Å². The van der Waals surface area contributed by atoms with E-state index < -0.39 is 8.07 Å². The summed E-state index contributed by atoms with van der Waals surface area (Å²) < 4.78 is 5.10. The quantitative estimate of drug-likeness (QED) is 0.248. The Morgan fingerprint density at radius 3 is 2.38 bits per heavy atom. The number of hydrogen-bond acceptors (Lipinski definition) is 2. The van der Waals surface area contributed by atoms with Gasteiger partial charge >= 0.3 is 0 Å². The fraction of sp³-hybridized carbons (Fsp3) is 0.706. The van der Waals surface area contributed by atoms with Gasteiger partial charge in [0, 0.05) is 6.54 Å². The zero-order valence-corrected chi connectivity index (χ0v) is 14.9. The fourth-order valence-corrected chi connectivity index (χ4v) is 6.35. The Hall–Kier alpha value is -1.03. The lowest BCUT2D eigenvalue weighted by Gasteiger charge is -2.37. The lowest BCUT2D eigenvalue weighted by Crippen LogP contribution is -2.57. The predicted octanol–water partition coefficient (Wildman–Crippen LogP) is 4.20. The van der Waals surface area contributed by atoms with Crippen LogP contribution in [0.15, 0.2) is 25.0 Å². The van der Waals surface area contributed by atoms with Crippen molar-refractivity contribution in [1.82, 2.24) is 4.90 Å². The van der Waals surface area contributed by atoms with Crippen LogP contribution in [0.3, 0.4) is 0 Å². The molecule has 0 spiro atoms. The molecule has 0 aromatic carbocycles. The van der Waals surface area contributed by atoms with Crippen molar-refractivity contribution in [2.45, 2.75) is 63.9 Å². The molecule has 3 nitrogen and oxygen atoms in total. The molecule has 21 heavy (non-hydrogen) atoms. The van der Waals surface area contributed by atoms with Gasteiger partial charge in [-0.15, -0.1) is 0 Å². The number of hydrogen-bond donors (Lipinski definition) is 0. The van der Waals surface area contributed by atoms with Gasteiger partial charge in [-0.05, 0) is 12.8 Å². The molecule has 4 heteroatoms. The van der Waals surface area contributed by atoms with Crippen LogP contribution in [-0.2, 0) is 9.53 Å². The van der Waals surface area contributed by atoms with Crippen LogP contribution < -0.4 is 0 Å². The number of β-lactam (4-membered cyclic amide) rings is 1. The van der Waals surface area contributed by atoms with E-state index in [1.54, 1.807) is 0 Å². The molecule has 1 aliphatic rings. The number of amides is 1. The van der Waals surface area contributed by atoms with E-state index in [1.165, 1.54) is 36.9 Å². The molecule has 0 N–H and O–H groups in total. The minimum atomic E-state index is -0.966. The SMILES string of the molecule is C=COC1CN(CC/C=C\CC[Si](CC)(CC)CC)C1=O. The summed E-state index contributed by atoms with van der Waals surface area (Å²) in [6, 6.07) is 5.62. The number of likely N-dealkylation sites (tertiary alicyclic amines) is 1. The van der Waals surface area contributed by atoms with Crippen LogP contribution >= 0.6 is 0 Å². The van der Waals surface area contributed by atoms with Crippen molar-refractivity contribution in [3.05, 3.63) is 25.0 Å². The van der Waals surface area contributed by atoms with Crippen molar-refractivity contribution in [2.75, 3.05) is 13.1 Å². The maximum atomic E-state index is 11.7. The molecule has 1 unspecified atom stereocenters. The highest BCUT2D eigenvalue weighted by Crippen LogP contribution is 2.26. The molecule has 0 saturated carbocycles. The molecule has 0 aromatic heterocycles. The van der Waals surface area contributed by atoms with Gasteiger partial charge in [-0.2, -0.15) is 0 Å². The maximum absolute atomic E-state index is 11.7. The summed E-state index contributed by atoms with van der Waals surface area (Å²) in [5.74, 6) is 0.0951. The predicted molar refractivity (Wildman–Crippen MR) is 92.0 cm³/mol. The topological polar surface area (TPSA) is 29.5 Å². The number of rotatable bonds is 11. The first-order valence-electron chi connectivity index (χ1n) is 8.32. The molecule has 0 aliphatic carbocycles. The van der Waals surface area contributed by atoms with Crippen molar-refractivity contribution in [1.29, 1.82) is 0 Å². The second kappa shape index (κ2) is 9.08. The number of allylic oxidation sites excluding steroid dienone is 1. The van der Waals surface area contributed by atoms with Gasteiger partial charge in [-0.3, -0.25) is 4.79 Å². The van der Waals surface area contributed by atoms with Crippen LogP contribution in [0.1, 0.15) is 33.6 Å². The molecular weight excluding hydrogens is 278 g/mol. The fourth-order valence-electron chi connectivity index (χ4n) is 3.01. The summed E-state index contributed by atoms with van der Waals surface area (Å²) in [5.41, 5.74) is 0. The molecule has 0 aromatic rings. The standard InChI is InChI=1S/C17H31NO2Si/c1-5-20-16-15-18(17(16)19)13-11-9-10-12-14-21(6-2,7-3)8-4/h5,9-10,16H,1,6-8,11-15H2,2-4H3/b10-9-. The molecule has 1 aliphatic heterocycles. The molecule has 1 atom stereocenters. The minimum absolute atomic E-state index is 0.0951. The molecule has 0 bridgehead atoms. The van der Waals surface area contributed by atoms with E-state index in [4.69, 9.17) is 4.74 Å². The average molecular weight is 310 g/mol. The van der Waals surface area contributed by atoms with E-state index in [1.807, 2.05) is 4.90 Å². The van der Waals surface area contributed by atoms with Crippen molar-refractivity contribution >= 4 is 14.0 Å². The molecule has 1 amide bonds. The van der Waals surface area contributed by atoms with Gasteiger partial charge in [0.1, 0.15) is 0 Å². The Kier molecular flexibility index (Phi) is 7.79. The second-order valence-electron chi connectivity index (χ2n) is 5.94. The zero-order valence-electron chi connectivity index (χ0n) is 13.9. The van der Waals surface area contributed by atoms with Crippen LogP contribution in [-0.4, -0.2) is 38.1 Å². The van der Waals surface area contributed by atoms with Gasteiger partial charge in [-0.25, -0.2) is 0 Å². The molecular formula is C17H31NO2Si.